The zero-order valence-electron chi connectivity index (χ0n) is 24.1. The van der Waals surface area contributed by atoms with E-state index < -0.39 is 46.1 Å². The lowest BCUT2D eigenvalue weighted by Crippen LogP contribution is -2.54. The lowest BCUT2D eigenvalue weighted by molar-refractivity contribution is -0.192. The van der Waals surface area contributed by atoms with E-state index in [2.05, 4.69) is 5.32 Å². The van der Waals surface area contributed by atoms with Crippen molar-refractivity contribution in [3.63, 3.8) is 0 Å². The van der Waals surface area contributed by atoms with Gasteiger partial charge in [-0.2, -0.15) is 17.5 Å². The summed E-state index contributed by atoms with van der Waals surface area (Å²) >= 11 is 0. The van der Waals surface area contributed by atoms with Crippen molar-refractivity contribution in [1.82, 2.24) is 9.62 Å². The van der Waals surface area contributed by atoms with Gasteiger partial charge in [0.1, 0.15) is 12.1 Å². The van der Waals surface area contributed by atoms with Gasteiger partial charge in [0.2, 0.25) is 15.9 Å². The Hall–Kier alpha value is -4.17. The SMILES string of the molecule is CN(C)c1cccc2c(S(=O)(=O)N3CCCC[C@H]3C(=O)N[C@@H](CCc3ccccc3)C(=O)O)cccc12.O=C(O)C(F)(F)F. The largest absolute Gasteiger partial charge is 0.490 e. The average Bonchev–Trinajstić information content (AvgIpc) is 2.98. The van der Waals surface area contributed by atoms with Gasteiger partial charge in [-0.15, -0.1) is 0 Å². The molecule has 1 aliphatic heterocycles. The Morgan fingerprint density at radius 2 is 1.57 bits per heavy atom. The number of benzene rings is 3. The molecule has 3 aromatic rings. The summed E-state index contributed by atoms with van der Waals surface area (Å²) in [7, 11) is -0.229. The van der Waals surface area contributed by atoms with Crippen LogP contribution in [0.25, 0.3) is 10.8 Å². The second kappa shape index (κ2) is 14.5. The number of hydrogen-bond donors (Lipinski definition) is 3. The number of carboxylic acid groups (broad SMARTS) is 2. The fourth-order valence-electron chi connectivity index (χ4n) is 4.94. The molecule has 0 spiro atoms. The third kappa shape index (κ3) is 8.47. The highest BCUT2D eigenvalue weighted by molar-refractivity contribution is 7.89. The number of carboxylic acids is 2. The molecule has 0 radical (unpaired) electrons. The second-order valence-corrected chi connectivity index (χ2v) is 12.2. The molecule has 44 heavy (non-hydrogen) atoms. The highest BCUT2D eigenvalue weighted by Gasteiger charge is 2.40. The summed E-state index contributed by atoms with van der Waals surface area (Å²) < 4.78 is 60.9. The van der Waals surface area contributed by atoms with Crippen molar-refractivity contribution in [2.75, 3.05) is 25.5 Å². The Morgan fingerprint density at radius 1 is 0.955 bits per heavy atom. The molecule has 0 aliphatic carbocycles. The predicted octanol–water partition coefficient (Wildman–Crippen LogP) is 4.28. The molecule has 238 valence electrons. The molecule has 0 bridgehead atoms. The number of halogens is 3. The van der Waals surface area contributed by atoms with Crippen LogP contribution in [0.2, 0.25) is 0 Å². The minimum Gasteiger partial charge on any atom is -0.480 e. The molecular formula is C30H34F3N3O7S. The molecule has 0 saturated carbocycles. The number of nitrogens with one attached hydrogen (secondary N) is 1. The highest BCUT2D eigenvalue weighted by Crippen LogP contribution is 2.34. The molecule has 1 aliphatic rings. The standard InChI is InChI=1S/C28H33N3O5S.C2HF3O2/c1-30(2)24-15-8-13-22-21(24)12-9-16-26(22)37(35,36)31-19-7-6-14-25(31)27(32)29-23(28(33)34)18-17-20-10-4-3-5-11-20;3-2(4,5)1(6)7/h3-5,8-13,15-16,23,25H,6-7,14,17-19H2,1-2H3,(H,29,32)(H,33,34);(H,6,7)/t23-,25-;/m0./s1. The van der Waals surface area contributed by atoms with Gasteiger partial charge >= 0.3 is 18.1 Å². The van der Waals surface area contributed by atoms with Crippen LogP contribution in [0.4, 0.5) is 18.9 Å². The monoisotopic (exact) mass is 637 g/mol. The third-order valence-corrected chi connectivity index (χ3v) is 9.07. The number of alkyl halides is 3. The number of aryl methyl sites for hydroxylation is 1. The summed E-state index contributed by atoms with van der Waals surface area (Å²) in [5.41, 5.74) is 1.86. The Balaban J connectivity index is 0.000000676. The maximum Gasteiger partial charge on any atom is 0.490 e. The molecule has 0 aromatic heterocycles. The molecule has 14 heteroatoms. The Morgan fingerprint density at radius 3 is 2.16 bits per heavy atom. The van der Waals surface area contributed by atoms with Crippen molar-refractivity contribution < 1.29 is 46.2 Å². The van der Waals surface area contributed by atoms with Gasteiger partial charge in [0.15, 0.2) is 0 Å². The first-order valence-corrected chi connectivity index (χ1v) is 15.2. The number of anilines is 1. The van der Waals surface area contributed by atoms with Gasteiger partial charge in [-0.1, -0.05) is 61.0 Å². The number of hydrogen-bond acceptors (Lipinski definition) is 6. The molecule has 1 heterocycles. The summed E-state index contributed by atoms with van der Waals surface area (Å²) in [6.45, 7) is 0.200. The van der Waals surface area contributed by atoms with E-state index in [1.807, 2.05) is 67.5 Å². The number of piperidine rings is 1. The van der Waals surface area contributed by atoms with E-state index in [0.29, 0.717) is 31.1 Å². The van der Waals surface area contributed by atoms with Gasteiger partial charge in [-0.25, -0.2) is 18.0 Å². The van der Waals surface area contributed by atoms with Crippen LogP contribution in [0, 0.1) is 0 Å². The quantitative estimate of drug-likeness (QED) is 0.315. The van der Waals surface area contributed by atoms with Crippen molar-refractivity contribution in [3.05, 3.63) is 72.3 Å². The molecule has 3 N–H and O–H groups in total. The van der Waals surface area contributed by atoms with Crippen molar-refractivity contribution in [3.8, 4) is 0 Å². The molecule has 1 fully saturated rings. The Kier molecular flexibility index (Phi) is 11.3. The number of nitrogens with zero attached hydrogens (tertiary/aromatic N) is 2. The van der Waals surface area contributed by atoms with Crippen molar-refractivity contribution in [2.45, 2.75) is 55.3 Å². The van der Waals surface area contributed by atoms with Gasteiger partial charge in [0.05, 0.1) is 4.90 Å². The van der Waals surface area contributed by atoms with Gasteiger partial charge in [0.25, 0.3) is 0 Å². The lowest BCUT2D eigenvalue weighted by atomic mass is 10.0. The van der Waals surface area contributed by atoms with Crippen LogP contribution < -0.4 is 10.2 Å². The summed E-state index contributed by atoms with van der Waals surface area (Å²) in [5, 5.41) is 20.9. The van der Waals surface area contributed by atoms with Crippen LogP contribution in [-0.4, -0.2) is 79.7 Å². The minimum absolute atomic E-state index is 0.146. The molecule has 0 unspecified atom stereocenters. The number of carbonyl (C=O) groups excluding carboxylic acids is 1. The first-order chi connectivity index (χ1) is 20.6. The van der Waals surface area contributed by atoms with Crippen LogP contribution in [0.5, 0.6) is 0 Å². The van der Waals surface area contributed by atoms with Crippen LogP contribution in [0.15, 0.2) is 71.6 Å². The fourth-order valence-corrected chi connectivity index (χ4v) is 6.81. The van der Waals surface area contributed by atoms with Gasteiger partial charge in [-0.3, -0.25) is 4.79 Å². The molecule has 3 aromatic carbocycles. The van der Waals surface area contributed by atoms with E-state index in [0.717, 1.165) is 16.6 Å². The molecule has 1 saturated heterocycles. The third-order valence-electron chi connectivity index (χ3n) is 7.11. The first kappa shape index (κ1) is 34.3. The van der Waals surface area contributed by atoms with Crippen LogP contribution >= 0.6 is 0 Å². The number of rotatable bonds is 9. The average molecular weight is 638 g/mol. The van der Waals surface area contributed by atoms with Crippen molar-refractivity contribution in [1.29, 1.82) is 0 Å². The maximum absolute atomic E-state index is 13.9. The van der Waals surface area contributed by atoms with E-state index >= 15 is 0 Å². The van der Waals surface area contributed by atoms with Crippen molar-refractivity contribution in [2.24, 2.45) is 0 Å². The molecular weight excluding hydrogens is 603 g/mol. The zero-order valence-corrected chi connectivity index (χ0v) is 24.9. The predicted molar refractivity (Wildman–Crippen MR) is 158 cm³/mol. The van der Waals surface area contributed by atoms with E-state index in [1.54, 1.807) is 18.2 Å². The van der Waals surface area contributed by atoms with E-state index in [-0.39, 0.29) is 17.9 Å². The number of amides is 1. The Bertz CT molecular complexity index is 1580. The summed E-state index contributed by atoms with van der Waals surface area (Å²) in [4.78, 5) is 36.2. The molecule has 2 atom stereocenters. The van der Waals surface area contributed by atoms with Crippen molar-refractivity contribution >= 4 is 44.3 Å². The Labute approximate surface area is 253 Å². The van der Waals surface area contributed by atoms with Crippen LogP contribution in [0.1, 0.15) is 31.2 Å². The molecule has 1 amide bonds. The van der Waals surface area contributed by atoms with E-state index in [9.17, 15) is 36.3 Å². The summed E-state index contributed by atoms with van der Waals surface area (Å²) in [5.74, 6) is -4.47. The highest BCUT2D eigenvalue weighted by atomic mass is 32.2. The smallest absolute Gasteiger partial charge is 0.480 e. The van der Waals surface area contributed by atoms with Gasteiger partial charge in [0, 0.05) is 37.1 Å². The fraction of sp³-hybridized carbons (Fsp3) is 0.367. The first-order valence-electron chi connectivity index (χ1n) is 13.7. The topological polar surface area (TPSA) is 144 Å². The van der Waals surface area contributed by atoms with Crippen LogP contribution in [0.3, 0.4) is 0 Å². The second-order valence-electron chi connectivity index (χ2n) is 10.4. The van der Waals surface area contributed by atoms with Gasteiger partial charge < -0.3 is 20.4 Å². The minimum atomic E-state index is -5.08. The van der Waals surface area contributed by atoms with E-state index in [4.69, 9.17) is 9.90 Å². The number of aliphatic carboxylic acids is 2. The normalized spacial score (nSPS) is 16.3. The number of fused-ring (bicyclic) bond motifs is 1. The van der Waals surface area contributed by atoms with Gasteiger partial charge in [-0.05, 0) is 43.4 Å². The lowest BCUT2D eigenvalue weighted by Gasteiger charge is -2.34. The van der Waals surface area contributed by atoms with E-state index in [1.165, 1.54) is 4.31 Å². The number of carbonyl (C=O) groups is 3. The summed E-state index contributed by atoms with van der Waals surface area (Å²) in [6.07, 6.45) is -2.74. The maximum atomic E-state index is 13.9. The molecule has 4 rings (SSSR count). The molecule has 10 nitrogen and oxygen atoms in total. The number of sulfonamides is 1. The zero-order chi connectivity index (χ0) is 32.7. The summed E-state index contributed by atoms with van der Waals surface area (Å²) in [6, 6.07) is 18.1. The van der Waals surface area contributed by atoms with Crippen LogP contribution in [-0.2, 0) is 30.8 Å².